The van der Waals surface area contributed by atoms with Gasteiger partial charge in [-0.2, -0.15) is 0 Å². The molecule has 0 unspecified atom stereocenters. The molecule has 0 atom stereocenters. The number of halogens is 1. The maximum absolute atomic E-state index is 13.5. The third kappa shape index (κ3) is 3.33. The van der Waals surface area contributed by atoms with Crippen LogP contribution in [0.2, 0.25) is 0 Å². The average molecular weight is 280 g/mol. The van der Waals surface area contributed by atoms with Crippen LogP contribution in [0.1, 0.15) is 18.4 Å². The highest BCUT2D eigenvalue weighted by atomic mass is 19.1. The quantitative estimate of drug-likeness (QED) is 0.719. The van der Waals surface area contributed by atoms with E-state index in [4.69, 9.17) is 5.11 Å². The summed E-state index contributed by atoms with van der Waals surface area (Å²) in [5.74, 6) is -2.33. The molecule has 0 radical (unpaired) electrons. The van der Waals surface area contributed by atoms with Gasteiger partial charge in [0.1, 0.15) is 5.82 Å². The van der Waals surface area contributed by atoms with Gasteiger partial charge in [-0.25, -0.2) is 4.39 Å². The minimum atomic E-state index is -0.915. The SMILES string of the molecule is Cc1ccc(NC(=O)C(=O)NCC2(CO)CC2)c(F)c1. The Morgan fingerprint density at radius 1 is 1.35 bits per heavy atom. The summed E-state index contributed by atoms with van der Waals surface area (Å²) in [4.78, 5) is 23.2. The van der Waals surface area contributed by atoms with Crippen LogP contribution in [-0.2, 0) is 9.59 Å². The minimum Gasteiger partial charge on any atom is -0.396 e. The molecule has 1 fully saturated rings. The maximum atomic E-state index is 13.5. The lowest BCUT2D eigenvalue weighted by atomic mass is 10.1. The van der Waals surface area contributed by atoms with Gasteiger partial charge in [0.2, 0.25) is 0 Å². The third-order valence-electron chi connectivity index (χ3n) is 3.50. The number of carbonyl (C=O) groups excluding carboxylic acids is 2. The van der Waals surface area contributed by atoms with Crippen molar-refractivity contribution in [1.82, 2.24) is 5.32 Å². The van der Waals surface area contributed by atoms with Gasteiger partial charge in [-0.15, -0.1) is 0 Å². The Balaban J connectivity index is 1.89. The van der Waals surface area contributed by atoms with Crippen molar-refractivity contribution in [2.75, 3.05) is 18.5 Å². The molecule has 0 spiro atoms. The van der Waals surface area contributed by atoms with Crippen LogP contribution < -0.4 is 10.6 Å². The first-order chi connectivity index (χ1) is 9.46. The summed E-state index contributed by atoms with van der Waals surface area (Å²) >= 11 is 0. The summed E-state index contributed by atoms with van der Waals surface area (Å²) in [6.45, 7) is 1.97. The molecule has 3 N–H and O–H groups in total. The first-order valence-electron chi connectivity index (χ1n) is 6.42. The van der Waals surface area contributed by atoms with Crippen molar-refractivity contribution in [3.63, 3.8) is 0 Å². The highest BCUT2D eigenvalue weighted by Crippen LogP contribution is 2.44. The summed E-state index contributed by atoms with van der Waals surface area (Å²) in [5.41, 5.74) is 0.424. The van der Waals surface area contributed by atoms with Crippen molar-refractivity contribution in [3.05, 3.63) is 29.6 Å². The molecule has 1 aromatic carbocycles. The Morgan fingerprint density at radius 3 is 2.60 bits per heavy atom. The first kappa shape index (κ1) is 14.5. The number of rotatable bonds is 4. The van der Waals surface area contributed by atoms with E-state index in [0.717, 1.165) is 18.4 Å². The molecule has 0 bridgehead atoms. The van der Waals surface area contributed by atoms with E-state index >= 15 is 0 Å². The molecular formula is C14H17FN2O3. The van der Waals surface area contributed by atoms with Gasteiger partial charge in [0.15, 0.2) is 0 Å². The zero-order chi connectivity index (χ0) is 14.8. The monoisotopic (exact) mass is 280 g/mol. The minimum absolute atomic E-state index is 0.0124. The van der Waals surface area contributed by atoms with E-state index in [-0.39, 0.29) is 24.3 Å². The number of aryl methyl sites for hydroxylation is 1. The van der Waals surface area contributed by atoms with Crippen LogP contribution in [0.5, 0.6) is 0 Å². The van der Waals surface area contributed by atoms with Gasteiger partial charge >= 0.3 is 11.8 Å². The molecule has 1 aliphatic rings. The predicted molar refractivity (Wildman–Crippen MR) is 71.5 cm³/mol. The second kappa shape index (κ2) is 5.58. The second-order valence-electron chi connectivity index (χ2n) is 5.28. The molecule has 6 heteroatoms. The molecule has 5 nitrogen and oxygen atoms in total. The van der Waals surface area contributed by atoms with E-state index < -0.39 is 17.6 Å². The molecule has 2 amide bonds. The number of benzene rings is 1. The van der Waals surface area contributed by atoms with Crippen molar-refractivity contribution in [3.8, 4) is 0 Å². The van der Waals surface area contributed by atoms with Crippen molar-refractivity contribution >= 4 is 17.5 Å². The van der Waals surface area contributed by atoms with Crippen LogP contribution in [0.3, 0.4) is 0 Å². The number of anilines is 1. The van der Waals surface area contributed by atoms with Crippen molar-refractivity contribution < 1.29 is 19.1 Å². The predicted octanol–water partition coefficient (Wildman–Crippen LogP) is 0.961. The highest BCUT2D eigenvalue weighted by molar-refractivity contribution is 6.39. The molecule has 2 rings (SSSR count). The van der Waals surface area contributed by atoms with E-state index in [2.05, 4.69) is 10.6 Å². The highest BCUT2D eigenvalue weighted by Gasteiger charge is 2.42. The van der Waals surface area contributed by atoms with Crippen LogP contribution in [-0.4, -0.2) is 30.1 Å². The fourth-order valence-electron chi connectivity index (χ4n) is 1.82. The van der Waals surface area contributed by atoms with Crippen LogP contribution in [0.25, 0.3) is 0 Å². The number of hydrogen-bond donors (Lipinski definition) is 3. The van der Waals surface area contributed by atoms with E-state index in [9.17, 15) is 14.0 Å². The smallest absolute Gasteiger partial charge is 0.313 e. The van der Waals surface area contributed by atoms with Crippen LogP contribution in [0.4, 0.5) is 10.1 Å². The Hall–Kier alpha value is -1.95. The largest absolute Gasteiger partial charge is 0.396 e. The maximum Gasteiger partial charge on any atom is 0.313 e. The topological polar surface area (TPSA) is 78.4 Å². The Kier molecular flexibility index (Phi) is 4.04. The molecule has 1 aromatic rings. The van der Waals surface area contributed by atoms with E-state index in [1.807, 2.05) is 0 Å². The standard InChI is InChI=1S/C14H17FN2O3/c1-9-2-3-11(10(15)6-9)17-13(20)12(19)16-7-14(8-18)4-5-14/h2-3,6,18H,4-5,7-8H2,1H3,(H,16,19)(H,17,20). The number of aliphatic hydroxyl groups is 1. The molecule has 0 aromatic heterocycles. The lowest BCUT2D eigenvalue weighted by Gasteiger charge is -2.12. The van der Waals surface area contributed by atoms with Crippen LogP contribution in [0, 0.1) is 18.2 Å². The van der Waals surface area contributed by atoms with Crippen molar-refractivity contribution in [2.24, 2.45) is 5.41 Å². The fraction of sp³-hybridized carbons (Fsp3) is 0.429. The molecule has 1 aliphatic carbocycles. The number of nitrogens with one attached hydrogen (secondary N) is 2. The van der Waals surface area contributed by atoms with Gasteiger partial charge in [0.05, 0.1) is 12.3 Å². The summed E-state index contributed by atoms with van der Waals surface area (Å²) < 4.78 is 13.5. The third-order valence-corrected chi connectivity index (χ3v) is 3.50. The fourth-order valence-corrected chi connectivity index (χ4v) is 1.82. The lowest BCUT2D eigenvalue weighted by molar-refractivity contribution is -0.136. The number of hydrogen-bond acceptors (Lipinski definition) is 3. The molecular weight excluding hydrogens is 263 g/mol. The van der Waals surface area contributed by atoms with Gasteiger partial charge in [0.25, 0.3) is 0 Å². The molecule has 108 valence electrons. The number of amides is 2. The summed E-state index contributed by atoms with van der Waals surface area (Å²) in [6.07, 6.45) is 1.66. The van der Waals surface area contributed by atoms with Gasteiger partial charge in [-0.3, -0.25) is 9.59 Å². The van der Waals surface area contributed by atoms with Crippen molar-refractivity contribution in [1.29, 1.82) is 0 Å². The molecule has 20 heavy (non-hydrogen) atoms. The Labute approximate surface area is 116 Å². The molecule has 0 aliphatic heterocycles. The van der Waals surface area contributed by atoms with E-state index in [1.165, 1.54) is 12.1 Å². The summed E-state index contributed by atoms with van der Waals surface area (Å²) in [5, 5.41) is 13.8. The van der Waals surface area contributed by atoms with Gasteiger partial charge in [0, 0.05) is 12.0 Å². The van der Waals surface area contributed by atoms with E-state index in [0.29, 0.717) is 0 Å². The summed E-state index contributed by atoms with van der Waals surface area (Å²) in [7, 11) is 0. The molecule has 1 saturated carbocycles. The Morgan fingerprint density at radius 2 is 2.05 bits per heavy atom. The van der Waals surface area contributed by atoms with Crippen LogP contribution in [0.15, 0.2) is 18.2 Å². The van der Waals surface area contributed by atoms with Gasteiger partial charge in [-0.05, 0) is 37.5 Å². The Bertz CT molecular complexity index is 541. The zero-order valence-corrected chi connectivity index (χ0v) is 11.2. The van der Waals surface area contributed by atoms with Crippen molar-refractivity contribution in [2.45, 2.75) is 19.8 Å². The normalized spacial score (nSPS) is 15.6. The second-order valence-corrected chi connectivity index (χ2v) is 5.28. The number of carbonyl (C=O) groups is 2. The van der Waals surface area contributed by atoms with Gasteiger partial charge in [-0.1, -0.05) is 6.07 Å². The zero-order valence-electron chi connectivity index (χ0n) is 11.2. The van der Waals surface area contributed by atoms with Crippen LogP contribution >= 0.6 is 0 Å². The van der Waals surface area contributed by atoms with E-state index in [1.54, 1.807) is 13.0 Å². The number of aliphatic hydroxyl groups excluding tert-OH is 1. The van der Waals surface area contributed by atoms with Gasteiger partial charge < -0.3 is 15.7 Å². The molecule has 0 heterocycles. The molecule has 0 saturated heterocycles. The first-order valence-corrected chi connectivity index (χ1v) is 6.42. The summed E-state index contributed by atoms with van der Waals surface area (Å²) in [6, 6.07) is 4.33. The lowest BCUT2D eigenvalue weighted by Crippen LogP contribution is -2.39. The average Bonchev–Trinajstić information content (AvgIpc) is 3.20.